The van der Waals surface area contributed by atoms with E-state index in [-0.39, 0.29) is 10.5 Å². The molecule has 0 unspecified atom stereocenters. The molecule has 1 atom stereocenters. The molecule has 0 fully saturated rings. The molecule has 0 saturated heterocycles. The van der Waals surface area contributed by atoms with Gasteiger partial charge in [0.15, 0.2) is 6.10 Å². The molecule has 3 N–H and O–H groups in total. The van der Waals surface area contributed by atoms with Gasteiger partial charge in [0.05, 0.1) is 10.5 Å². The van der Waals surface area contributed by atoms with Crippen molar-refractivity contribution in [2.24, 2.45) is 5.14 Å². The number of pyridine rings is 1. The molecule has 8 nitrogen and oxygen atoms in total. The molecule has 2 rings (SSSR count). The number of primary sulfonamides is 1. The number of esters is 1. The number of hydrogen-bond donors (Lipinski definition) is 2. The number of rotatable bonds is 5. The van der Waals surface area contributed by atoms with Crippen molar-refractivity contribution in [3.63, 3.8) is 0 Å². The normalized spacial score (nSPS) is 12.2. The molecule has 9 heteroatoms. The number of carbonyl (C=O) groups excluding carboxylic acids is 2. The Bertz CT molecular complexity index is 835. The molecule has 0 aliphatic rings. The molecule has 1 amide bonds. The van der Waals surface area contributed by atoms with E-state index in [0.717, 1.165) is 0 Å². The van der Waals surface area contributed by atoms with Crippen molar-refractivity contribution in [1.82, 2.24) is 4.98 Å². The average molecular weight is 349 g/mol. The average Bonchev–Trinajstić information content (AvgIpc) is 2.55. The maximum atomic E-state index is 12.0. The van der Waals surface area contributed by atoms with Crippen molar-refractivity contribution >= 4 is 27.6 Å². The van der Waals surface area contributed by atoms with Crippen molar-refractivity contribution in [1.29, 1.82) is 0 Å². The molecule has 0 spiro atoms. The fourth-order valence-electron chi connectivity index (χ4n) is 1.74. The Hall–Kier alpha value is -2.78. The Kier molecular flexibility index (Phi) is 5.27. The molecule has 24 heavy (non-hydrogen) atoms. The number of nitrogens with one attached hydrogen (secondary N) is 1. The second-order valence-electron chi connectivity index (χ2n) is 4.84. The molecule has 1 heterocycles. The number of carbonyl (C=O) groups is 2. The fraction of sp³-hybridized carbons (Fsp3) is 0.133. The number of benzene rings is 1. The van der Waals surface area contributed by atoms with Crippen LogP contribution in [0, 0.1) is 0 Å². The molecule has 0 radical (unpaired) electrons. The molecule has 0 aliphatic heterocycles. The van der Waals surface area contributed by atoms with Gasteiger partial charge in [0.2, 0.25) is 10.0 Å². The molecule has 126 valence electrons. The van der Waals surface area contributed by atoms with Gasteiger partial charge in [-0.25, -0.2) is 18.4 Å². The van der Waals surface area contributed by atoms with Crippen LogP contribution in [0.5, 0.6) is 0 Å². The Morgan fingerprint density at radius 3 is 2.25 bits per heavy atom. The number of sulfonamides is 1. The summed E-state index contributed by atoms with van der Waals surface area (Å²) in [6, 6.07) is 8.24. The summed E-state index contributed by atoms with van der Waals surface area (Å²) in [6.45, 7) is 1.42. The topological polar surface area (TPSA) is 128 Å². The largest absolute Gasteiger partial charge is 0.449 e. The van der Waals surface area contributed by atoms with Crippen molar-refractivity contribution in [2.75, 3.05) is 5.32 Å². The molecular weight excluding hydrogens is 334 g/mol. The van der Waals surface area contributed by atoms with Crippen LogP contribution in [0.3, 0.4) is 0 Å². The van der Waals surface area contributed by atoms with E-state index < -0.39 is 28.0 Å². The van der Waals surface area contributed by atoms with Crippen LogP contribution in [0.15, 0.2) is 53.7 Å². The second kappa shape index (κ2) is 7.20. The summed E-state index contributed by atoms with van der Waals surface area (Å²) in [5, 5.41) is 7.50. The van der Waals surface area contributed by atoms with Crippen LogP contribution in [0.25, 0.3) is 0 Å². The molecule has 0 saturated carbocycles. The molecular formula is C15H15N3O5S. The van der Waals surface area contributed by atoms with Crippen LogP contribution in [0.1, 0.15) is 17.3 Å². The van der Waals surface area contributed by atoms with Gasteiger partial charge in [-0.3, -0.25) is 9.78 Å². The highest BCUT2D eigenvalue weighted by atomic mass is 32.2. The first-order valence-corrected chi connectivity index (χ1v) is 8.37. The predicted molar refractivity (Wildman–Crippen MR) is 85.6 cm³/mol. The van der Waals surface area contributed by atoms with E-state index in [1.807, 2.05) is 0 Å². The maximum absolute atomic E-state index is 12.0. The zero-order valence-corrected chi connectivity index (χ0v) is 13.5. The number of aromatic nitrogens is 1. The summed E-state index contributed by atoms with van der Waals surface area (Å²) in [5.74, 6) is -1.20. The minimum atomic E-state index is -3.80. The van der Waals surface area contributed by atoms with Crippen molar-refractivity contribution in [3.05, 3.63) is 54.4 Å². The number of hydrogen-bond acceptors (Lipinski definition) is 6. The third-order valence-electron chi connectivity index (χ3n) is 3.02. The van der Waals surface area contributed by atoms with Crippen LogP contribution in [0.2, 0.25) is 0 Å². The molecule has 1 aromatic heterocycles. The fourth-order valence-corrected chi connectivity index (χ4v) is 2.26. The van der Waals surface area contributed by atoms with Crippen LogP contribution < -0.4 is 10.5 Å². The second-order valence-corrected chi connectivity index (χ2v) is 6.40. The summed E-state index contributed by atoms with van der Waals surface area (Å²) < 4.78 is 27.4. The Morgan fingerprint density at radius 1 is 1.12 bits per heavy atom. The van der Waals surface area contributed by atoms with E-state index in [1.54, 1.807) is 0 Å². The van der Waals surface area contributed by atoms with Gasteiger partial charge in [-0.1, -0.05) is 0 Å². The quantitative estimate of drug-likeness (QED) is 0.772. The first-order valence-electron chi connectivity index (χ1n) is 6.82. The summed E-state index contributed by atoms with van der Waals surface area (Å²) in [7, 11) is -3.80. The van der Waals surface area contributed by atoms with Gasteiger partial charge in [-0.2, -0.15) is 0 Å². The zero-order chi connectivity index (χ0) is 17.7. The van der Waals surface area contributed by atoms with Gasteiger partial charge >= 0.3 is 5.97 Å². The zero-order valence-electron chi connectivity index (χ0n) is 12.7. The highest BCUT2D eigenvalue weighted by Gasteiger charge is 2.19. The molecule has 2 aromatic rings. The number of nitrogens with two attached hydrogens (primary N) is 1. The van der Waals surface area contributed by atoms with Crippen LogP contribution in [-0.4, -0.2) is 31.4 Å². The van der Waals surface area contributed by atoms with Gasteiger partial charge in [0, 0.05) is 18.1 Å². The van der Waals surface area contributed by atoms with E-state index in [4.69, 9.17) is 9.88 Å². The Morgan fingerprint density at radius 2 is 1.71 bits per heavy atom. The number of amides is 1. The third kappa shape index (κ3) is 4.61. The SMILES string of the molecule is C[C@H](OC(=O)c1ccncc1)C(=O)Nc1ccc(S(N)(=O)=O)cc1. The van der Waals surface area contributed by atoms with Crippen molar-refractivity contribution in [3.8, 4) is 0 Å². The van der Waals surface area contributed by atoms with E-state index >= 15 is 0 Å². The van der Waals surface area contributed by atoms with Crippen LogP contribution in [-0.2, 0) is 19.6 Å². The van der Waals surface area contributed by atoms with Crippen LogP contribution >= 0.6 is 0 Å². The first kappa shape index (κ1) is 17.6. The lowest BCUT2D eigenvalue weighted by Gasteiger charge is -2.13. The van der Waals surface area contributed by atoms with Crippen molar-refractivity contribution in [2.45, 2.75) is 17.9 Å². The number of anilines is 1. The number of nitrogens with zero attached hydrogens (tertiary/aromatic N) is 1. The summed E-state index contributed by atoms with van der Waals surface area (Å²) in [5.41, 5.74) is 0.626. The Labute approximate surface area is 138 Å². The van der Waals surface area contributed by atoms with Crippen LogP contribution in [0.4, 0.5) is 5.69 Å². The van der Waals surface area contributed by atoms with Gasteiger partial charge in [-0.05, 0) is 43.3 Å². The minimum absolute atomic E-state index is 0.0716. The maximum Gasteiger partial charge on any atom is 0.339 e. The summed E-state index contributed by atoms with van der Waals surface area (Å²) >= 11 is 0. The molecule has 0 aliphatic carbocycles. The lowest BCUT2D eigenvalue weighted by molar-refractivity contribution is -0.123. The smallest absolute Gasteiger partial charge is 0.339 e. The van der Waals surface area contributed by atoms with E-state index in [2.05, 4.69) is 10.3 Å². The minimum Gasteiger partial charge on any atom is -0.449 e. The van der Waals surface area contributed by atoms with E-state index in [0.29, 0.717) is 5.69 Å². The van der Waals surface area contributed by atoms with E-state index in [9.17, 15) is 18.0 Å². The molecule has 1 aromatic carbocycles. The first-order chi connectivity index (χ1) is 11.3. The molecule has 0 bridgehead atoms. The summed E-state index contributed by atoms with van der Waals surface area (Å²) in [4.78, 5) is 27.6. The standard InChI is InChI=1S/C15H15N3O5S/c1-10(23-15(20)11-6-8-17-9-7-11)14(19)18-12-2-4-13(5-3-12)24(16,21)22/h2-10H,1H3,(H,18,19)(H2,16,21,22)/t10-/m0/s1. The highest BCUT2D eigenvalue weighted by Crippen LogP contribution is 2.13. The van der Waals surface area contributed by atoms with Gasteiger partial charge in [-0.15, -0.1) is 0 Å². The predicted octanol–water partition coefficient (Wildman–Crippen LogP) is 0.913. The monoisotopic (exact) mass is 349 g/mol. The van der Waals surface area contributed by atoms with Gasteiger partial charge < -0.3 is 10.1 Å². The Balaban J connectivity index is 1.98. The lowest BCUT2D eigenvalue weighted by atomic mass is 10.2. The lowest BCUT2D eigenvalue weighted by Crippen LogP contribution is -2.30. The third-order valence-corrected chi connectivity index (χ3v) is 3.95. The number of ether oxygens (including phenoxy) is 1. The van der Waals surface area contributed by atoms with E-state index in [1.165, 1.54) is 55.7 Å². The highest BCUT2D eigenvalue weighted by molar-refractivity contribution is 7.89. The van der Waals surface area contributed by atoms with Gasteiger partial charge in [0.25, 0.3) is 5.91 Å². The van der Waals surface area contributed by atoms with Gasteiger partial charge in [0.1, 0.15) is 0 Å². The van der Waals surface area contributed by atoms with Crippen molar-refractivity contribution < 1.29 is 22.7 Å². The summed E-state index contributed by atoms with van der Waals surface area (Å²) in [6.07, 6.45) is 1.84.